The highest BCUT2D eigenvalue weighted by molar-refractivity contribution is 5.96. The first kappa shape index (κ1) is 14.4. The predicted molar refractivity (Wildman–Crippen MR) is 77.4 cm³/mol. The number of nitrogens with two attached hydrogens (primary N) is 1. The van der Waals surface area contributed by atoms with Crippen LogP contribution in [-0.4, -0.2) is 41.4 Å². The van der Waals surface area contributed by atoms with Crippen molar-refractivity contribution in [1.29, 1.82) is 0 Å². The number of likely N-dealkylation sites (N-methyl/N-ethyl adjacent to an activating group) is 1. The average molecular weight is 278 g/mol. The van der Waals surface area contributed by atoms with Gasteiger partial charge >= 0.3 is 0 Å². The van der Waals surface area contributed by atoms with Crippen molar-refractivity contribution in [3.63, 3.8) is 0 Å². The van der Waals surface area contributed by atoms with Gasteiger partial charge in [-0.3, -0.25) is 9.59 Å². The van der Waals surface area contributed by atoms with Crippen LogP contribution in [0, 0.1) is 0 Å². The van der Waals surface area contributed by atoms with Crippen LogP contribution in [0.1, 0.15) is 42.7 Å². The number of carbonyl (C=O) groups is 2. The molecule has 1 aromatic heterocycles. The molecule has 110 valence electrons. The molecule has 20 heavy (non-hydrogen) atoms. The summed E-state index contributed by atoms with van der Waals surface area (Å²) in [5, 5.41) is 2.55. The maximum atomic E-state index is 12.6. The van der Waals surface area contributed by atoms with Gasteiger partial charge in [0.25, 0.3) is 5.91 Å². The summed E-state index contributed by atoms with van der Waals surface area (Å²) in [4.78, 5) is 25.7. The summed E-state index contributed by atoms with van der Waals surface area (Å²) in [7, 11) is 1.57. The molecular formula is C14H22N4O2. The first-order valence-electron chi connectivity index (χ1n) is 7.04. The topological polar surface area (TPSA) is 80.4 Å². The number of nitrogens with zero attached hydrogens (tertiary/aromatic N) is 2. The number of aromatic nitrogens is 1. The molecule has 1 aliphatic carbocycles. The number of amides is 2. The van der Waals surface area contributed by atoms with E-state index in [0.717, 1.165) is 19.3 Å². The first-order valence-corrected chi connectivity index (χ1v) is 7.04. The minimum atomic E-state index is -0.163. The van der Waals surface area contributed by atoms with Crippen molar-refractivity contribution in [3.05, 3.63) is 18.0 Å². The number of hydrogen-bond donors (Lipinski definition) is 2. The zero-order chi connectivity index (χ0) is 14.7. The SMILES string of the molecule is CCCN(CC(=O)NC)C(=O)c1cc(N)cn1C1CC1. The van der Waals surface area contributed by atoms with E-state index in [4.69, 9.17) is 5.73 Å². The quantitative estimate of drug-likeness (QED) is 0.814. The molecule has 0 aromatic carbocycles. The lowest BCUT2D eigenvalue weighted by Crippen LogP contribution is -2.40. The molecule has 3 N–H and O–H groups in total. The van der Waals surface area contributed by atoms with Crippen molar-refractivity contribution in [2.45, 2.75) is 32.2 Å². The minimum Gasteiger partial charge on any atom is -0.397 e. The fourth-order valence-corrected chi connectivity index (χ4v) is 2.26. The predicted octanol–water partition coefficient (Wildman–Crippen LogP) is 1.00. The Hall–Kier alpha value is -1.98. The van der Waals surface area contributed by atoms with Gasteiger partial charge in [-0.15, -0.1) is 0 Å². The number of carbonyl (C=O) groups excluding carboxylic acids is 2. The van der Waals surface area contributed by atoms with Gasteiger partial charge < -0.3 is 20.5 Å². The summed E-state index contributed by atoms with van der Waals surface area (Å²) < 4.78 is 1.95. The molecule has 2 rings (SSSR count). The van der Waals surface area contributed by atoms with Gasteiger partial charge in [-0.25, -0.2) is 0 Å². The highest BCUT2D eigenvalue weighted by Gasteiger charge is 2.29. The van der Waals surface area contributed by atoms with E-state index < -0.39 is 0 Å². The zero-order valence-electron chi connectivity index (χ0n) is 12.1. The van der Waals surface area contributed by atoms with E-state index in [2.05, 4.69) is 5.32 Å². The molecule has 0 radical (unpaired) electrons. The van der Waals surface area contributed by atoms with Crippen molar-refractivity contribution in [2.75, 3.05) is 25.9 Å². The monoisotopic (exact) mass is 278 g/mol. The lowest BCUT2D eigenvalue weighted by Gasteiger charge is -2.22. The summed E-state index contributed by atoms with van der Waals surface area (Å²) in [5.74, 6) is -0.289. The maximum absolute atomic E-state index is 12.6. The molecule has 1 aromatic rings. The number of nitrogens with one attached hydrogen (secondary N) is 1. The Morgan fingerprint density at radius 1 is 1.50 bits per heavy atom. The molecule has 0 aliphatic heterocycles. The minimum absolute atomic E-state index is 0.0823. The molecule has 6 nitrogen and oxygen atoms in total. The fraction of sp³-hybridized carbons (Fsp3) is 0.571. The Bertz CT molecular complexity index is 505. The van der Waals surface area contributed by atoms with Crippen LogP contribution in [0.3, 0.4) is 0 Å². The van der Waals surface area contributed by atoms with Gasteiger partial charge in [0.2, 0.25) is 5.91 Å². The second-order valence-electron chi connectivity index (χ2n) is 5.20. The second-order valence-corrected chi connectivity index (χ2v) is 5.20. The van der Waals surface area contributed by atoms with E-state index in [1.165, 1.54) is 0 Å². The number of anilines is 1. The summed E-state index contributed by atoms with van der Waals surface area (Å²) in [5.41, 5.74) is 6.99. The van der Waals surface area contributed by atoms with Gasteiger partial charge in [-0.1, -0.05) is 6.92 Å². The lowest BCUT2D eigenvalue weighted by atomic mass is 10.3. The van der Waals surface area contributed by atoms with Crippen molar-refractivity contribution in [2.24, 2.45) is 0 Å². The van der Waals surface area contributed by atoms with Crippen LogP contribution >= 0.6 is 0 Å². The van der Waals surface area contributed by atoms with Crippen LogP contribution in [0.4, 0.5) is 5.69 Å². The van der Waals surface area contributed by atoms with Crippen LogP contribution in [0.2, 0.25) is 0 Å². The third-order valence-corrected chi connectivity index (χ3v) is 3.42. The smallest absolute Gasteiger partial charge is 0.271 e. The summed E-state index contributed by atoms with van der Waals surface area (Å²) >= 11 is 0. The van der Waals surface area contributed by atoms with Gasteiger partial charge in [0.15, 0.2) is 0 Å². The summed E-state index contributed by atoms with van der Waals surface area (Å²) in [6, 6.07) is 2.09. The van der Waals surface area contributed by atoms with Crippen LogP contribution in [0.25, 0.3) is 0 Å². The Kier molecular flexibility index (Phi) is 4.32. The molecule has 1 saturated carbocycles. The summed E-state index contributed by atoms with van der Waals surface area (Å²) in [6.07, 6.45) is 4.78. The van der Waals surface area contributed by atoms with E-state index in [0.29, 0.717) is 24.0 Å². The van der Waals surface area contributed by atoms with Crippen molar-refractivity contribution < 1.29 is 9.59 Å². The lowest BCUT2D eigenvalue weighted by molar-refractivity contribution is -0.121. The fourth-order valence-electron chi connectivity index (χ4n) is 2.26. The molecule has 1 aliphatic rings. The standard InChI is InChI=1S/C14H22N4O2/c1-3-6-17(9-13(19)16-2)14(20)12-7-10(15)8-18(12)11-4-5-11/h7-8,11H,3-6,9,15H2,1-2H3,(H,16,19). The van der Waals surface area contributed by atoms with Crippen molar-refractivity contribution in [1.82, 2.24) is 14.8 Å². The molecule has 0 spiro atoms. The molecule has 0 unspecified atom stereocenters. The number of rotatable bonds is 6. The van der Waals surface area contributed by atoms with Crippen molar-refractivity contribution in [3.8, 4) is 0 Å². The molecule has 0 saturated heterocycles. The van der Waals surface area contributed by atoms with Gasteiger partial charge in [0.1, 0.15) is 5.69 Å². The van der Waals surface area contributed by atoms with Crippen LogP contribution in [0.15, 0.2) is 12.3 Å². The largest absolute Gasteiger partial charge is 0.397 e. The molecule has 2 amide bonds. The molecular weight excluding hydrogens is 256 g/mol. The van der Waals surface area contributed by atoms with E-state index in [1.54, 1.807) is 18.0 Å². The van der Waals surface area contributed by atoms with Gasteiger partial charge in [-0.2, -0.15) is 0 Å². The van der Waals surface area contributed by atoms with Crippen LogP contribution in [-0.2, 0) is 4.79 Å². The molecule has 6 heteroatoms. The van der Waals surface area contributed by atoms with Gasteiger partial charge in [-0.05, 0) is 25.3 Å². The van der Waals surface area contributed by atoms with Crippen molar-refractivity contribution >= 4 is 17.5 Å². The zero-order valence-corrected chi connectivity index (χ0v) is 12.1. The first-order chi connectivity index (χ1) is 9.56. The van der Waals surface area contributed by atoms with E-state index in [9.17, 15) is 9.59 Å². The Labute approximate surface area is 118 Å². The molecule has 0 atom stereocenters. The van der Waals surface area contributed by atoms with E-state index >= 15 is 0 Å². The normalized spacial score (nSPS) is 14.1. The van der Waals surface area contributed by atoms with Gasteiger partial charge in [0, 0.05) is 25.8 Å². The number of nitrogen functional groups attached to an aromatic ring is 1. The van der Waals surface area contributed by atoms with E-state index in [-0.39, 0.29) is 18.4 Å². The highest BCUT2D eigenvalue weighted by Crippen LogP contribution is 2.37. The second kappa shape index (κ2) is 5.98. The average Bonchev–Trinajstić information content (AvgIpc) is 3.20. The number of hydrogen-bond acceptors (Lipinski definition) is 3. The third kappa shape index (κ3) is 3.12. The summed E-state index contributed by atoms with van der Waals surface area (Å²) in [6.45, 7) is 2.62. The Morgan fingerprint density at radius 3 is 2.75 bits per heavy atom. The van der Waals surface area contributed by atoms with Gasteiger partial charge in [0.05, 0.1) is 12.2 Å². The molecule has 1 fully saturated rings. The maximum Gasteiger partial charge on any atom is 0.271 e. The van der Waals surface area contributed by atoms with Crippen LogP contribution < -0.4 is 11.1 Å². The van der Waals surface area contributed by atoms with E-state index in [1.807, 2.05) is 17.7 Å². The third-order valence-electron chi connectivity index (χ3n) is 3.42. The highest BCUT2D eigenvalue weighted by atomic mass is 16.2. The Morgan fingerprint density at radius 2 is 2.20 bits per heavy atom. The Balaban J connectivity index is 2.20. The molecule has 1 heterocycles. The van der Waals surface area contributed by atoms with Crippen LogP contribution in [0.5, 0.6) is 0 Å². The molecule has 0 bridgehead atoms.